The minimum Gasteiger partial charge on any atom is -0.495 e. The summed E-state index contributed by atoms with van der Waals surface area (Å²) in [5.41, 5.74) is 0.0633. The van der Waals surface area contributed by atoms with E-state index in [0.717, 1.165) is 16.6 Å². The second-order valence-electron chi connectivity index (χ2n) is 5.89. The average molecular weight is 423 g/mol. The van der Waals surface area contributed by atoms with Gasteiger partial charge < -0.3 is 14.8 Å². The summed E-state index contributed by atoms with van der Waals surface area (Å²) in [5, 5.41) is 13.4. The molecular formula is C18H21N3O7S. The fraction of sp³-hybridized carbons (Fsp3) is 0.278. The van der Waals surface area contributed by atoms with Gasteiger partial charge in [0.25, 0.3) is 5.69 Å². The molecule has 0 atom stereocenters. The molecular weight excluding hydrogens is 402 g/mol. The first-order valence-corrected chi connectivity index (χ1v) is 10.3. The van der Waals surface area contributed by atoms with Crippen LogP contribution in [-0.2, 0) is 14.8 Å². The van der Waals surface area contributed by atoms with Gasteiger partial charge in [0.15, 0.2) is 0 Å². The number of rotatable bonds is 9. The van der Waals surface area contributed by atoms with Crippen LogP contribution in [0.15, 0.2) is 42.5 Å². The summed E-state index contributed by atoms with van der Waals surface area (Å²) in [6.07, 6.45) is 0.974. The van der Waals surface area contributed by atoms with E-state index in [1.54, 1.807) is 19.1 Å². The van der Waals surface area contributed by atoms with Crippen LogP contribution < -0.4 is 19.1 Å². The molecule has 0 unspecified atom stereocenters. The topological polar surface area (TPSA) is 128 Å². The zero-order chi connectivity index (χ0) is 21.6. The molecule has 2 rings (SSSR count). The molecule has 0 aliphatic rings. The van der Waals surface area contributed by atoms with E-state index in [2.05, 4.69) is 5.32 Å². The lowest BCUT2D eigenvalue weighted by molar-refractivity contribution is -0.384. The third-order valence-corrected chi connectivity index (χ3v) is 4.91. The van der Waals surface area contributed by atoms with Crippen LogP contribution in [0.2, 0.25) is 0 Å². The highest BCUT2D eigenvalue weighted by atomic mass is 32.2. The molecule has 29 heavy (non-hydrogen) atoms. The number of carbonyl (C=O) groups excluding carboxylic acids is 1. The minimum atomic E-state index is -3.80. The number of methoxy groups -OCH3 is 1. The third-order valence-electron chi connectivity index (χ3n) is 3.77. The van der Waals surface area contributed by atoms with Gasteiger partial charge in [-0.25, -0.2) is 8.42 Å². The predicted molar refractivity (Wildman–Crippen MR) is 108 cm³/mol. The Kier molecular flexibility index (Phi) is 6.99. The van der Waals surface area contributed by atoms with Gasteiger partial charge >= 0.3 is 0 Å². The number of nitrogens with zero attached hydrogens (tertiary/aromatic N) is 2. The Morgan fingerprint density at radius 1 is 1.24 bits per heavy atom. The number of hydrogen-bond acceptors (Lipinski definition) is 7. The van der Waals surface area contributed by atoms with E-state index in [1.807, 2.05) is 0 Å². The highest BCUT2D eigenvalue weighted by molar-refractivity contribution is 7.92. The summed E-state index contributed by atoms with van der Waals surface area (Å²) in [7, 11) is -2.45. The van der Waals surface area contributed by atoms with Crippen LogP contribution in [-0.4, -0.2) is 45.8 Å². The lowest BCUT2D eigenvalue weighted by atomic mass is 10.2. The molecule has 0 bridgehead atoms. The Balaban J connectivity index is 2.29. The van der Waals surface area contributed by atoms with Gasteiger partial charge in [-0.3, -0.25) is 19.2 Å². The number of sulfonamides is 1. The maximum atomic E-state index is 12.5. The Labute approximate surface area is 168 Å². The molecule has 11 heteroatoms. The normalized spacial score (nSPS) is 10.9. The maximum Gasteiger partial charge on any atom is 0.271 e. The van der Waals surface area contributed by atoms with E-state index < -0.39 is 27.4 Å². The van der Waals surface area contributed by atoms with Gasteiger partial charge in [-0.05, 0) is 25.1 Å². The van der Waals surface area contributed by atoms with Crippen molar-refractivity contribution in [2.45, 2.75) is 6.92 Å². The minimum absolute atomic E-state index is 0.0585. The van der Waals surface area contributed by atoms with Crippen molar-refractivity contribution >= 4 is 33.0 Å². The van der Waals surface area contributed by atoms with E-state index >= 15 is 0 Å². The Morgan fingerprint density at radius 2 is 1.97 bits per heavy atom. The van der Waals surface area contributed by atoms with Gasteiger partial charge in [-0.15, -0.1) is 0 Å². The summed E-state index contributed by atoms with van der Waals surface area (Å²) in [6, 6.07) is 10.0. The number of carbonyl (C=O) groups is 1. The van der Waals surface area contributed by atoms with Crippen molar-refractivity contribution in [3.63, 3.8) is 0 Å². The van der Waals surface area contributed by atoms with Crippen LogP contribution in [0.4, 0.5) is 17.1 Å². The molecule has 0 radical (unpaired) electrons. The molecule has 0 aliphatic heterocycles. The van der Waals surface area contributed by atoms with E-state index in [4.69, 9.17) is 9.47 Å². The van der Waals surface area contributed by atoms with Crippen molar-refractivity contribution < 1.29 is 27.6 Å². The van der Waals surface area contributed by atoms with Crippen LogP contribution in [0.3, 0.4) is 0 Å². The molecule has 0 heterocycles. The lowest BCUT2D eigenvalue weighted by Crippen LogP contribution is -2.37. The van der Waals surface area contributed by atoms with E-state index in [0.29, 0.717) is 12.4 Å². The smallest absolute Gasteiger partial charge is 0.271 e. The van der Waals surface area contributed by atoms with Gasteiger partial charge in [-0.2, -0.15) is 0 Å². The first-order valence-electron chi connectivity index (χ1n) is 8.48. The van der Waals surface area contributed by atoms with Gasteiger partial charge in [0, 0.05) is 18.2 Å². The van der Waals surface area contributed by atoms with Crippen molar-refractivity contribution in [1.29, 1.82) is 0 Å². The van der Waals surface area contributed by atoms with Crippen LogP contribution in [0, 0.1) is 10.1 Å². The third kappa shape index (κ3) is 5.82. The number of anilines is 2. The molecule has 1 amide bonds. The Morgan fingerprint density at radius 3 is 2.55 bits per heavy atom. The zero-order valence-electron chi connectivity index (χ0n) is 16.1. The van der Waals surface area contributed by atoms with Crippen molar-refractivity contribution in [3.05, 3.63) is 52.6 Å². The summed E-state index contributed by atoms with van der Waals surface area (Å²) in [5.74, 6) is -0.0383. The maximum absolute atomic E-state index is 12.5. The molecule has 0 saturated carbocycles. The number of ether oxygens (including phenoxy) is 2. The number of nitro groups is 1. The quantitative estimate of drug-likeness (QED) is 0.484. The fourth-order valence-electron chi connectivity index (χ4n) is 2.52. The number of nitrogens with one attached hydrogen (secondary N) is 1. The average Bonchev–Trinajstić information content (AvgIpc) is 2.65. The molecule has 1 N–H and O–H groups in total. The van der Waals surface area contributed by atoms with Crippen molar-refractivity contribution in [2.24, 2.45) is 0 Å². The SMILES string of the molecule is CCOc1cccc(N(CC(=O)Nc2cc([N+](=O)[O-])ccc2OC)S(C)(=O)=O)c1. The molecule has 0 aromatic heterocycles. The molecule has 2 aromatic rings. The molecule has 0 aliphatic carbocycles. The van der Waals surface area contributed by atoms with Gasteiger partial charge in [0.2, 0.25) is 15.9 Å². The first-order chi connectivity index (χ1) is 13.7. The molecule has 0 saturated heterocycles. The van der Waals surface area contributed by atoms with E-state index in [9.17, 15) is 23.3 Å². The summed E-state index contributed by atoms with van der Waals surface area (Å²) in [4.78, 5) is 22.9. The molecule has 156 valence electrons. The lowest BCUT2D eigenvalue weighted by Gasteiger charge is -2.22. The molecule has 10 nitrogen and oxygen atoms in total. The largest absolute Gasteiger partial charge is 0.495 e. The first kappa shape index (κ1) is 22.0. The second-order valence-corrected chi connectivity index (χ2v) is 7.80. The molecule has 0 fully saturated rings. The van der Waals surface area contributed by atoms with Crippen LogP contribution in [0.5, 0.6) is 11.5 Å². The van der Waals surface area contributed by atoms with Gasteiger partial charge in [0.05, 0.1) is 36.3 Å². The zero-order valence-corrected chi connectivity index (χ0v) is 16.9. The number of nitro benzene ring substituents is 1. The van der Waals surface area contributed by atoms with Crippen LogP contribution >= 0.6 is 0 Å². The van der Waals surface area contributed by atoms with Gasteiger partial charge in [-0.1, -0.05) is 6.07 Å². The molecule has 0 spiro atoms. The number of amides is 1. The summed E-state index contributed by atoms with van der Waals surface area (Å²) < 4.78 is 35.9. The van der Waals surface area contributed by atoms with E-state index in [-0.39, 0.29) is 22.8 Å². The second kappa shape index (κ2) is 9.24. The standard InChI is InChI=1S/C18H21N3O7S/c1-4-28-15-7-5-6-13(10-15)20(29(3,25)26)12-18(22)19-16-11-14(21(23)24)8-9-17(16)27-2/h5-11H,4,12H2,1-3H3,(H,19,22). The Bertz CT molecular complexity index is 1010. The van der Waals surface area contributed by atoms with Crippen molar-refractivity contribution in [2.75, 3.05) is 36.1 Å². The number of non-ortho nitro benzene ring substituents is 1. The highest BCUT2D eigenvalue weighted by Crippen LogP contribution is 2.29. The van der Waals surface area contributed by atoms with Crippen molar-refractivity contribution in [1.82, 2.24) is 0 Å². The molecule has 2 aromatic carbocycles. The van der Waals surface area contributed by atoms with Crippen LogP contribution in [0.1, 0.15) is 6.92 Å². The summed E-state index contributed by atoms with van der Waals surface area (Å²) in [6.45, 7) is 1.65. The number of hydrogen-bond donors (Lipinski definition) is 1. The summed E-state index contributed by atoms with van der Waals surface area (Å²) >= 11 is 0. The Hall–Kier alpha value is -3.34. The van der Waals surface area contributed by atoms with Crippen molar-refractivity contribution in [3.8, 4) is 11.5 Å². The predicted octanol–water partition coefficient (Wildman–Crippen LogP) is 2.41. The number of benzene rings is 2. The van der Waals surface area contributed by atoms with Gasteiger partial charge in [0.1, 0.15) is 18.0 Å². The highest BCUT2D eigenvalue weighted by Gasteiger charge is 2.22. The fourth-order valence-corrected chi connectivity index (χ4v) is 3.37. The van der Waals surface area contributed by atoms with E-state index in [1.165, 1.54) is 31.4 Å². The van der Waals surface area contributed by atoms with Crippen LogP contribution in [0.25, 0.3) is 0 Å². The monoisotopic (exact) mass is 423 g/mol.